The summed E-state index contributed by atoms with van der Waals surface area (Å²) in [5.41, 5.74) is 4.22. The molecule has 0 saturated carbocycles. The molecular formula is C26H26BrFN2O5. The van der Waals surface area contributed by atoms with Crippen LogP contribution in [0.2, 0.25) is 0 Å². The fraction of sp³-hybridized carbons (Fsp3) is 0.231. The summed E-state index contributed by atoms with van der Waals surface area (Å²) in [6.45, 7) is 2.73. The minimum absolute atomic E-state index is 0.169. The molecule has 3 aromatic rings. The molecule has 9 heteroatoms. The van der Waals surface area contributed by atoms with Gasteiger partial charge in [-0.1, -0.05) is 19.1 Å². The number of carbonyl (C=O) groups is 1. The van der Waals surface area contributed by atoms with E-state index in [1.807, 2.05) is 6.92 Å². The molecule has 184 valence electrons. The highest BCUT2D eigenvalue weighted by molar-refractivity contribution is 9.10. The Morgan fingerprint density at radius 1 is 1.03 bits per heavy atom. The van der Waals surface area contributed by atoms with Crippen LogP contribution in [-0.4, -0.2) is 32.9 Å². The molecule has 0 aliphatic heterocycles. The zero-order valence-corrected chi connectivity index (χ0v) is 21.2. The van der Waals surface area contributed by atoms with Crippen LogP contribution < -0.4 is 24.4 Å². The average molecular weight is 545 g/mol. The summed E-state index contributed by atoms with van der Waals surface area (Å²) >= 11 is 3.47. The van der Waals surface area contributed by atoms with Crippen LogP contribution in [0.5, 0.6) is 23.0 Å². The lowest BCUT2D eigenvalue weighted by atomic mass is 10.2. The largest absolute Gasteiger partial charge is 0.493 e. The smallest absolute Gasteiger partial charge is 0.271 e. The number of ether oxygens (including phenoxy) is 4. The molecule has 3 rings (SSSR count). The fourth-order valence-electron chi connectivity index (χ4n) is 3.11. The summed E-state index contributed by atoms with van der Waals surface area (Å²) in [7, 11) is 3.03. The quantitative estimate of drug-likeness (QED) is 0.246. The highest BCUT2D eigenvalue weighted by Gasteiger charge is 2.13. The Morgan fingerprint density at radius 3 is 2.54 bits per heavy atom. The van der Waals surface area contributed by atoms with E-state index in [4.69, 9.17) is 18.9 Å². The van der Waals surface area contributed by atoms with E-state index in [1.54, 1.807) is 42.5 Å². The summed E-state index contributed by atoms with van der Waals surface area (Å²) in [6.07, 6.45) is 2.35. The van der Waals surface area contributed by atoms with Crippen molar-refractivity contribution in [2.45, 2.75) is 20.0 Å². The summed E-state index contributed by atoms with van der Waals surface area (Å²) < 4.78 is 36.2. The van der Waals surface area contributed by atoms with Crippen molar-refractivity contribution >= 4 is 28.1 Å². The fourth-order valence-corrected chi connectivity index (χ4v) is 3.68. The summed E-state index contributed by atoms with van der Waals surface area (Å²) in [4.78, 5) is 12.5. The topological polar surface area (TPSA) is 78.4 Å². The number of hydrogen-bond acceptors (Lipinski definition) is 6. The summed E-state index contributed by atoms with van der Waals surface area (Å²) in [5, 5.41) is 4.04. The first-order valence-electron chi connectivity index (χ1n) is 10.8. The van der Waals surface area contributed by atoms with E-state index in [9.17, 15) is 9.18 Å². The Kier molecular flexibility index (Phi) is 9.48. The second-order valence-electron chi connectivity index (χ2n) is 7.37. The van der Waals surface area contributed by atoms with Gasteiger partial charge < -0.3 is 18.9 Å². The minimum Gasteiger partial charge on any atom is -0.493 e. The molecule has 0 aromatic heterocycles. The SMILES string of the molecule is CCCOc1ccc(C(=O)N/N=C/c2cc(Br)c(OCc3cccc(F)c3)c(OC)c2)cc1OC. The molecule has 3 aromatic carbocycles. The van der Waals surface area contributed by atoms with E-state index < -0.39 is 5.91 Å². The molecule has 7 nitrogen and oxygen atoms in total. The molecular weight excluding hydrogens is 519 g/mol. The van der Waals surface area contributed by atoms with Gasteiger partial charge in [-0.05, 0) is 75.9 Å². The first-order valence-corrected chi connectivity index (χ1v) is 11.6. The van der Waals surface area contributed by atoms with Crippen LogP contribution >= 0.6 is 15.9 Å². The number of nitrogens with zero attached hydrogens (tertiary/aromatic N) is 1. The van der Waals surface area contributed by atoms with Crippen molar-refractivity contribution in [3.63, 3.8) is 0 Å². The molecule has 0 saturated heterocycles. The lowest BCUT2D eigenvalue weighted by Gasteiger charge is -2.13. The lowest BCUT2D eigenvalue weighted by Crippen LogP contribution is -2.17. The molecule has 0 aliphatic carbocycles. The van der Waals surface area contributed by atoms with Crippen molar-refractivity contribution in [3.05, 3.63) is 81.6 Å². The number of halogens is 2. The van der Waals surface area contributed by atoms with Crippen molar-refractivity contribution < 1.29 is 28.1 Å². The molecule has 0 spiro atoms. The predicted molar refractivity (Wildman–Crippen MR) is 135 cm³/mol. The Balaban J connectivity index is 1.67. The van der Waals surface area contributed by atoms with Gasteiger partial charge in [-0.3, -0.25) is 4.79 Å². The molecule has 0 aliphatic rings. The van der Waals surface area contributed by atoms with Crippen molar-refractivity contribution in [1.82, 2.24) is 5.43 Å². The molecule has 0 heterocycles. The van der Waals surface area contributed by atoms with Crippen molar-refractivity contribution in [2.24, 2.45) is 5.10 Å². The van der Waals surface area contributed by atoms with Gasteiger partial charge in [0.05, 0.1) is 31.5 Å². The maximum absolute atomic E-state index is 13.4. The predicted octanol–water partition coefficient (Wildman–Crippen LogP) is 5.74. The van der Waals surface area contributed by atoms with Gasteiger partial charge in [0.2, 0.25) is 0 Å². The van der Waals surface area contributed by atoms with Crippen LogP contribution in [0.25, 0.3) is 0 Å². The average Bonchev–Trinajstić information content (AvgIpc) is 2.86. The summed E-state index contributed by atoms with van der Waals surface area (Å²) in [6, 6.07) is 14.6. The Bertz CT molecular complexity index is 1200. The van der Waals surface area contributed by atoms with E-state index in [0.717, 1.165) is 6.42 Å². The maximum atomic E-state index is 13.4. The van der Waals surface area contributed by atoms with Gasteiger partial charge in [0.15, 0.2) is 23.0 Å². The van der Waals surface area contributed by atoms with Crippen LogP contribution in [0, 0.1) is 5.82 Å². The zero-order chi connectivity index (χ0) is 25.2. The van der Waals surface area contributed by atoms with E-state index in [2.05, 4.69) is 26.5 Å². The Hall–Kier alpha value is -3.59. The molecule has 1 amide bonds. The van der Waals surface area contributed by atoms with E-state index in [1.165, 1.54) is 32.6 Å². The third kappa shape index (κ3) is 7.19. The van der Waals surface area contributed by atoms with Gasteiger partial charge in [-0.25, -0.2) is 9.82 Å². The number of carbonyl (C=O) groups excluding carboxylic acids is 1. The Morgan fingerprint density at radius 2 is 1.83 bits per heavy atom. The van der Waals surface area contributed by atoms with Gasteiger partial charge >= 0.3 is 0 Å². The standard InChI is InChI=1S/C26H26BrFN2O5/c1-4-10-34-22-9-8-19(14-23(22)32-2)26(31)30-29-15-18-12-21(27)25(24(13-18)33-3)35-16-17-6-5-7-20(28)11-17/h5-9,11-15H,4,10,16H2,1-3H3,(H,30,31)/b29-15+. The second kappa shape index (κ2) is 12.8. The van der Waals surface area contributed by atoms with E-state index >= 15 is 0 Å². The number of hydrazone groups is 1. The lowest BCUT2D eigenvalue weighted by molar-refractivity contribution is 0.0954. The zero-order valence-electron chi connectivity index (χ0n) is 19.6. The monoisotopic (exact) mass is 544 g/mol. The highest BCUT2D eigenvalue weighted by Crippen LogP contribution is 2.37. The third-order valence-electron chi connectivity index (χ3n) is 4.79. The molecule has 0 unspecified atom stereocenters. The molecule has 35 heavy (non-hydrogen) atoms. The second-order valence-corrected chi connectivity index (χ2v) is 8.22. The van der Waals surface area contributed by atoms with Gasteiger partial charge in [0.1, 0.15) is 12.4 Å². The number of rotatable bonds is 11. The van der Waals surface area contributed by atoms with Crippen molar-refractivity contribution in [3.8, 4) is 23.0 Å². The number of methoxy groups -OCH3 is 2. The number of benzene rings is 3. The van der Waals surface area contributed by atoms with Crippen LogP contribution in [0.4, 0.5) is 4.39 Å². The number of hydrogen-bond donors (Lipinski definition) is 1. The van der Waals surface area contributed by atoms with Gasteiger partial charge in [0, 0.05) is 5.56 Å². The molecule has 1 N–H and O–H groups in total. The normalized spacial score (nSPS) is 10.8. The van der Waals surface area contributed by atoms with Crippen LogP contribution in [0.3, 0.4) is 0 Å². The molecule has 0 radical (unpaired) electrons. The van der Waals surface area contributed by atoms with Crippen molar-refractivity contribution in [2.75, 3.05) is 20.8 Å². The molecule has 0 fully saturated rings. The minimum atomic E-state index is -0.400. The van der Waals surface area contributed by atoms with Gasteiger partial charge in [-0.2, -0.15) is 5.10 Å². The first-order chi connectivity index (χ1) is 16.9. The number of nitrogens with one attached hydrogen (secondary N) is 1. The maximum Gasteiger partial charge on any atom is 0.271 e. The third-order valence-corrected chi connectivity index (χ3v) is 5.38. The van der Waals surface area contributed by atoms with E-state index in [0.29, 0.717) is 50.8 Å². The summed E-state index contributed by atoms with van der Waals surface area (Å²) in [5.74, 6) is 1.24. The highest BCUT2D eigenvalue weighted by atomic mass is 79.9. The van der Waals surface area contributed by atoms with Crippen LogP contribution in [-0.2, 0) is 6.61 Å². The van der Waals surface area contributed by atoms with Crippen molar-refractivity contribution in [1.29, 1.82) is 0 Å². The Labute approximate surface area is 212 Å². The molecule has 0 bridgehead atoms. The van der Waals surface area contributed by atoms with Crippen LogP contribution in [0.1, 0.15) is 34.8 Å². The van der Waals surface area contributed by atoms with Gasteiger partial charge in [0.25, 0.3) is 5.91 Å². The van der Waals surface area contributed by atoms with E-state index in [-0.39, 0.29) is 12.4 Å². The van der Waals surface area contributed by atoms with Gasteiger partial charge in [-0.15, -0.1) is 0 Å². The first kappa shape index (κ1) is 26.0. The molecule has 0 atom stereocenters. The number of amides is 1. The van der Waals surface area contributed by atoms with Crippen LogP contribution in [0.15, 0.2) is 64.2 Å².